The topological polar surface area (TPSA) is 105 Å². The molecule has 1 N–H and O–H groups in total. The lowest BCUT2D eigenvalue weighted by atomic mass is 10.0. The van der Waals surface area contributed by atoms with E-state index in [9.17, 15) is 18.0 Å². The van der Waals surface area contributed by atoms with Gasteiger partial charge in [0.15, 0.2) is 11.5 Å². The van der Waals surface area contributed by atoms with Gasteiger partial charge in [0.2, 0.25) is 11.8 Å². The molecule has 0 unspecified atom stereocenters. The molecule has 4 aromatic rings. The summed E-state index contributed by atoms with van der Waals surface area (Å²) in [6, 6.07) is 25.9. The first-order valence-electron chi connectivity index (χ1n) is 15.5. The molecule has 0 spiro atoms. The van der Waals surface area contributed by atoms with E-state index in [1.54, 1.807) is 12.1 Å². The third-order valence-electron chi connectivity index (χ3n) is 7.94. The van der Waals surface area contributed by atoms with Crippen LogP contribution in [-0.2, 0) is 32.6 Å². The van der Waals surface area contributed by atoms with Crippen LogP contribution in [-0.4, -0.2) is 58.5 Å². The molecule has 0 fully saturated rings. The summed E-state index contributed by atoms with van der Waals surface area (Å²) in [5, 5.41) is 2.89. The number of nitrogens with one attached hydrogen (secondary N) is 1. The van der Waals surface area contributed by atoms with Gasteiger partial charge in [0.25, 0.3) is 10.0 Å². The van der Waals surface area contributed by atoms with Crippen LogP contribution >= 0.6 is 0 Å². The molecule has 0 bridgehead atoms. The highest BCUT2D eigenvalue weighted by Gasteiger charge is 2.35. The lowest BCUT2D eigenvalue weighted by molar-refractivity contribution is -0.140. The van der Waals surface area contributed by atoms with Crippen LogP contribution in [0.4, 0.5) is 5.69 Å². The number of anilines is 1. The van der Waals surface area contributed by atoms with Crippen LogP contribution in [0.1, 0.15) is 34.7 Å². The van der Waals surface area contributed by atoms with Gasteiger partial charge >= 0.3 is 0 Å². The van der Waals surface area contributed by atoms with Crippen molar-refractivity contribution < 1.29 is 27.5 Å². The van der Waals surface area contributed by atoms with Crippen molar-refractivity contribution in [2.75, 3.05) is 31.6 Å². The van der Waals surface area contributed by atoms with Crippen molar-refractivity contribution >= 4 is 27.5 Å². The van der Waals surface area contributed by atoms with E-state index in [0.717, 1.165) is 32.1 Å². The smallest absolute Gasteiger partial charge is 0.264 e. The number of nitrogens with zero attached hydrogens (tertiary/aromatic N) is 2. The summed E-state index contributed by atoms with van der Waals surface area (Å²) < 4.78 is 40.8. The minimum Gasteiger partial charge on any atom is -0.493 e. The fraction of sp³-hybridized carbons (Fsp3) is 0.297. The van der Waals surface area contributed by atoms with Crippen LogP contribution in [0.5, 0.6) is 11.5 Å². The van der Waals surface area contributed by atoms with Gasteiger partial charge in [-0.25, -0.2) is 8.42 Å². The van der Waals surface area contributed by atoms with Gasteiger partial charge in [0.1, 0.15) is 12.6 Å². The number of hydrogen-bond donors (Lipinski definition) is 1. The number of hydrogen-bond acceptors (Lipinski definition) is 6. The molecule has 0 aliphatic heterocycles. The van der Waals surface area contributed by atoms with Crippen LogP contribution in [0.25, 0.3) is 0 Å². The van der Waals surface area contributed by atoms with Crippen molar-refractivity contribution in [3.05, 3.63) is 119 Å². The van der Waals surface area contributed by atoms with E-state index in [-0.39, 0.29) is 29.5 Å². The number of carbonyl (C=O) groups excluding carboxylic acids is 2. The number of amides is 2. The Morgan fingerprint density at radius 2 is 1.45 bits per heavy atom. The van der Waals surface area contributed by atoms with E-state index in [1.807, 2.05) is 88.4 Å². The van der Waals surface area contributed by atoms with E-state index < -0.39 is 28.5 Å². The molecule has 10 heteroatoms. The molecule has 4 aromatic carbocycles. The lowest BCUT2D eigenvalue weighted by Gasteiger charge is -2.34. The Hall–Kier alpha value is -4.83. The molecule has 0 saturated carbocycles. The van der Waals surface area contributed by atoms with Crippen molar-refractivity contribution in [2.45, 2.75) is 51.6 Å². The number of likely N-dealkylation sites (N-methyl/N-ethyl adjacent to an activating group) is 1. The van der Waals surface area contributed by atoms with Gasteiger partial charge in [-0.1, -0.05) is 60.7 Å². The molecule has 0 aliphatic carbocycles. The number of carbonyl (C=O) groups is 2. The quantitative estimate of drug-likeness (QED) is 0.189. The van der Waals surface area contributed by atoms with Gasteiger partial charge in [0, 0.05) is 25.6 Å². The van der Waals surface area contributed by atoms with Crippen LogP contribution in [0, 0.1) is 20.8 Å². The Labute approximate surface area is 278 Å². The van der Waals surface area contributed by atoms with Gasteiger partial charge in [-0.15, -0.1) is 0 Å². The second-order valence-electron chi connectivity index (χ2n) is 11.4. The number of aryl methyl sites for hydroxylation is 3. The number of benzene rings is 4. The standard InChI is InChI=1S/C37H43N3O6S/c1-7-38-37(42)33(22-29-14-9-8-10-15-29)39(24-30-16-12-11-13-28(30)4)36(41)25-40(31-20-26(2)19-27(3)21-31)47(43,44)32-17-18-34(45-5)35(23-32)46-6/h8-21,23,33H,7,22,24-25H2,1-6H3,(H,38,42)/t33-/m1/s1. The van der Waals surface area contributed by atoms with Crippen LogP contribution in [0.15, 0.2) is 95.9 Å². The van der Waals surface area contributed by atoms with Crippen LogP contribution in [0.3, 0.4) is 0 Å². The number of ether oxygens (including phenoxy) is 2. The third-order valence-corrected chi connectivity index (χ3v) is 9.71. The predicted octanol–water partition coefficient (Wildman–Crippen LogP) is 5.60. The SMILES string of the molecule is CCNC(=O)[C@@H](Cc1ccccc1)N(Cc1ccccc1C)C(=O)CN(c1cc(C)cc(C)c1)S(=O)(=O)c1ccc(OC)c(OC)c1. The van der Waals surface area contributed by atoms with E-state index in [4.69, 9.17) is 9.47 Å². The zero-order valence-corrected chi connectivity index (χ0v) is 28.6. The number of methoxy groups -OCH3 is 2. The van der Waals surface area contributed by atoms with Gasteiger partial charge in [-0.3, -0.25) is 13.9 Å². The minimum atomic E-state index is -4.32. The average Bonchev–Trinajstić information content (AvgIpc) is 3.05. The van der Waals surface area contributed by atoms with Crippen LogP contribution in [0.2, 0.25) is 0 Å². The van der Waals surface area contributed by atoms with E-state index in [1.165, 1.54) is 37.3 Å². The minimum absolute atomic E-state index is 0.0721. The molecule has 0 saturated heterocycles. The van der Waals surface area contributed by atoms with Gasteiger partial charge in [0.05, 0.1) is 24.8 Å². The summed E-state index contributed by atoms with van der Waals surface area (Å²) in [5.74, 6) is -0.237. The number of rotatable bonds is 14. The molecule has 0 aliphatic rings. The number of sulfonamides is 1. The molecule has 0 heterocycles. The van der Waals surface area contributed by atoms with Crippen molar-refractivity contribution in [1.82, 2.24) is 10.2 Å². The Morgan fingerprint density at radius 3 is 2.06 bits per heavy atom. The molecule has 4 rings (SSSR count). The van der Waals surface area contributed by atoms with Crippen molar-refractivity contribution in [2.24, 2.45) is 0 Å². The second kappa shape index (κ2) is 15.6. The van der Waals surface area contributed by atoms with Crippen molar-refractivity contribution in [3.8, 4) is 11.5 Å². The maximum absolute atomic E-state index is 14.6. The molecular weight excluding hydrogens is 614 g/mol. The Bertz CT molecular complexity index is 1790. The first kappa shape index (κ1) is 35.0. The summed E-state index contributed by atoms with van der Waals surface area (Å²) in [5.41, 5.74) is 4.67. The summed E-state index contributed by atoms with van der Waals surface area (Å²) in [7, 11) is -1.42. The van der Waals surface area contributed by atoms with Gasteiger partial charge in [-0.05, 0) is 79.8 Å². The molecule has 1 atom stereocenters. The molecule has 9 nitrogen and oxygen atoms in total. The third kappa shape index (κ3) is 8.51. The zero-order chi connectivity index (χ0) is 34.1. The molecule has 2 amide bonds. The molecule has 0 aromatic heterocycles. The summed E-state index contributed by atoms with van der Waals surface area (Å²) >= 11 is 0. The summed E-state index contributed by atoms with van der Waals surface area (Å²) in [6.45, 7) is 7.44. The maximum Gasteiger partial charge on any atom is 0.264 e. The van der Waals surface area contributed by atoms with Crippen molar-refractivity contribution in [3.63, 3.8) is 0 Å². The Balaban J connectivity index is 1.85. The average molecular weight is 658 g/mol. The molecular formula is C37H43N3O6S. The monoisotopic (exact) mass is 657 g/mol. The Morgan fingerprint density at radius 1 is 0.809 bits per heavy atom. The van der Waals surface area contributed by atoms with Crippen LogP contribution < -0.4 is 19.1 Å². The highest BCUT2D eigenvalue weighted by Crippen LogP contribution is 2.33. The van der Waals surface area contributed by atoms with E-state index in [0.29, 0.717) is 18.0 Å². The molecule has 47 heavy (non-hydrogen) atoms. The van der Waals surface area contributed by atoms with E-state index >= 15 is 0 Å². The lowest BCUT2D eigenvalue weighted by Crippen LogP contribution is -2.53. The highest BCUT2D eigenvalue weighted by atomic mass is 32.2. The molecule has 248 valence electrons. The van der Waals surface area contributed by atoms with Crippen molar-refractivity contribution in [1.29, 1.82) is 0 Å². The van der Waals surface area contributed by atoms with Gasteiger partial charge < -0.3 is 19.7 Å². The zero-order valence-electron chi connectivity index (χ0n) is 27.8. The maximum atomic E-state index is 14.6. The normalized spacial score (nSPS) is 11.8. The second-order valence-corrected chi connectivity index (χ2v) is 13.3. The summed E-state index contributed by atoms with van der Waals surface area (Å²) in [4.78, 5) is 29.8. The highest BCUT2D eigenvalue weighted by molar-refractivity contribution is 7.92. The fourth-order valence-electron chi connectivity index (χ4n) is 5.54. The largest absolute Gasteiger partial charge is 0.493 e. The molecule has 0 radical (unpaired) electrons. The first-order valence-corrected chi connectivity index (χ1v) is 16.9. The van der Waals surface area contributed by atoms with E-state index in [2.05, 4.69) is 5.32 Å². The Kier molecular flexibility index (Phi) is 11.7. The first-order chi connectivity index (χ1) is 22.5. The predicted molar refractivity (Wildman–Crippen MR) is 184 cm³/mol. The van der Waals surface area contributed by atoms with Gasteiger partial charge in [-0.2, -0.15) is 0 Å². The fourth-order valence-corrected chi connectivity index (χ4v) is 6.96. The summed E-state index contributed by atoms with van der Waals surface area (Å²) in [6.07, 6.45) is 0.246.